The molecule has 1 amide bonds. The van der Waals surface area contributed by atoms with E-state index in [0.29, 0.717) is 28.0 Å². The molecule has 9 heteroatoms. The molecule has 5 rings (SSSR count). The van der Waals surface area contributed by atoms with Crippen molar-refractivity contribution < 1.29 is 9.53 Å². The quantitative estimate of drug-likeness (QED) is 0.152. The smallest absolute Gasteiger partial charge is 0.259 e. The standard InChI is InChI=1S/C29H22BrCl2IN2O2S/c30-19-13-18(27(24(33)14-19)37-16-17-10-11-22(31)23(32)12-17)15-34-29-26(21-8-4-5-9-25(21)38-29)28(36)35-20-6-2-1-3-7-20/h1-3,6-7,10-15H,4-5,8-9,16H2,(H,35,36). The van der Waals surface area contributed by atoms with E-state index in [2.05, 4.69) is 43.8 Å². The Hall–Kier alpha value is -1.91. The lowest BCUT2D eigenvalue weighted by Gasteiger charge is -2.13. The van der Waals surface area contributed by atoms with Crippen LogP contribution in [-0.4, -0.2) is 12.1 Å². The molecule has 4 nitrogen and oxygen atoms in total. The van der Waals surface area contributed by atoms with Crippen LogP contribution >= 0.6 is 73.1 Å². The Kier molecular flexibility index (Phi) is 9.10. The van der Waals surface area contributed by atoms with E-state index in [-0.39, 0.29) is 5.91 Å². The first kappa shape index (κ1) is 27.6. The van der Waals surface area contributed by atoms with Gasteiger partial charge in [0.25, 0.3) is 5.91 Å². The van der Waals surface area contributed by atoms with Crippen LogP contribution in [0.15, 0.2) is 70.1 Å². The number of nitrogens with zero attached hydrogens (tertiary/aromatic N) is 1. The van der Waals surface area contributed by atoms with E-state index in [1.54, 1.807) is 29.7 Å². The topological polar surface area (TPSA) is 50.7 Å². The second-order valence-corrected chi connectivity index (χ2v) is 12.8. The highest BCUT2D eigenvalue weighted by molar-refractivity contribution is 14.1. The molecule has 0 aliphatic heterocycles. The van der Waals surface area contributed by atoms with Crippen LogP contribution in [0.5, 0.6) is 5.75 Å². The SMILES string of the molecule is O=C(Nc1ccccc1)c1c(N=Cc2cc(Br)cc(I)c2OCc2ccc(Cl)c(Cl)c2)sc2c1CCCC2. The molecule has 1 N–H and O–H groups in total. The second kappa shape index (κ2) is 12.5. The van der Waals surface area contributed by atoms with Gasteiger partial charge in [-0.3, -0.25) is 4.79 Å². The molecule has 0 fully saturated rings. The Morgan fingerprint density at radius 3 is 2.66 bits per heavy atom. The first-order valence-electron chi connectivity index (χ1n) is 12.0. The zero-order valence-electron chi connectivity index (χ0n) is 20.1. The van der Waals surface area contributed by atoms with Crippen molar-refractivity contribution in [2.24, 2.45) is 4.99 Å². The van der Waals surface area contributed by atoms with Gasteiger partial charge in [-0.25, -0.2) is 4.99 Å². The van der Waals surface area contributed by atoms with E-state index in [9.17, 15) is 4.79 Å². The van der Waals surface area contributed by atoms with Gasteiger partial charge in [0, 0.05) is 26.8 Å². The fraction of sp³-hybridized carbons (Fsp3) is 0.172. The van der Waals surface area contributed by atoms with Crippen LogP contribution in [0.3, 0.4) is 0 Å². The van der Waals surface area contributed by atoms with Gasteiger partial charge in [-0.05, 0) is 95.8 Å². The zero-order valence-corrected chi connectivity index (χ0v) is 26.1. The van der Waals surface area contributed by atoms with Crippen molar-refractivity contribution in [3.05, 3.63) is 106 Å². The average molecular weight is 740 g/mol. The number of hydrogen-bond acceptors (Lipinski definition) is 4. The lowest BCUT2D eigenvalue weighted by atomic mass is 9.95. The van der Waals surface area contributed by atoms with Crippen LogP contribution in [0.2, 0.25) is 10.0 Å². The van der Waals surface area contributed by atoms with Gasteiger partial charge >= 0.3 is 0 Å². The summed E-state index contributed by atoms with van der Waals surface area (Å²) in [4.78, 5) is 19.5. The number of aryl methyl sites for hydroxylation is 1. The molecule has 38 heavy (non-hydrogen) atoms. The van der Waals surface area contributed by atoms with Crippen LogP contribution < -0.4 is 10.1 Å². The molecule has 0 radical (unpaired) electrons. The summed E-state index contributed by atoms with van der Waals surface area (Å²) in [5.41, 5.74) is 4.29. The Balaban J connectivity index is 1.46. The number of anilines is 1. The van der Waals surface area contributed by atoms with E-state index < -0.39 is 0 Å². The highest BCUT2D eigenvalue weighted by Crippen LogP contribution is 2.41. The molecule has 194 valence electrons. The first-order valence-corrected chi connectivity index (χ1v) is 15.4. The molecule has 4 aromatic rings. The van der Waals surface area contributed by atoms with Crippen molar-refractivity contribution in [2.45, 2.75) is 32.3 Å². The monoisotopic (exact) mass is 738 g/mol. The van der Waals surface area contributed by atoms with E-state index in [4.69, 9.17) is 32.9 Å². The van der Waals surface area contributed by atoms with Crippen LogP contribution in [0.1, 0.15) is 44.8 Å². The summed E-state index contributed by atoms with van der Waals surface area (Å²) in [6.45, 7) is 0.327. The van der Waals surface area contributed by atoms with Crippen LogP contribution in [0.25, 0.3) is 0 Å². The van der Waals surface area contributed by atoms with Crippen LogP contribution in [0.4, 0.5) is 10.7 Å². The zero-order chi connectivity index (χ0) is 26.6. The molecule has 1 aliphatic rings. The van der Waals surface area contributed by atoms with E-state index >= 15 is 0 Å². The van der Waals surface area contributed by atoms with Gasteiger partial charge in [-0.15, -0.1) is 11.3 Å². The second-order valence-electron chi connectivity index (χ2n) is 8.81. The summed E-state index contributed by atoms with van der Waals surface area (Å²) in [6.07, 6.45) is 5.87. The number of benzene rings is 3. The minimum absolute atomic E-state index is 0.123. The Bertz CT molecular complexity index is 1520. The summed E-state index contributed by atoms with van der Waals surface area (Å²) in [5.74, 6) is 0.586. The van der Waals surface area contributed by atoms with Gasteiger partial charge < -0.3 is 10.1 Å². The number of amides is 1. The third-order valence-corrected chi connectivity index (χ3v) is 9.33. The molecular weight excluding hydrogens is 718 g/mol. The van der Waals surface area contributed by atoms with Crippen molar-refractivity contribution >= 4 is 95.9 Å². The molecule has 0 atom stereocenters. The Morgan fingerprint density at radius 1 is 1.08 bits per heavy atom. The van der Waals surface area contributed by atoms with Gasteiger partial charge in [0.05, 0.1) is 19.2 Å². The number of carbonyl (C=O) groups excluding carboxylic acids is 1. The van der Waals surface area contributed by atoms with Gasteiger partial charge in [0.2, 0.25) is 0 Å². The number of aliphatic imine (C=N–C) groups is 1. The molecule has 0 bridgehead atoms. The third kappa shape index (κ3) is 6.45. The molecule has 1 aliphatic carbocycles. The Morgan fingerprint density at radius 2 is 1.87 bits per heavy atom. The number of thiophene rings is 1. The highest BCUT2D eigenvalue weighted by atomic mass is 127. The normalized spacial score (nSPS) is 12.9. The molecule has 1 heterocycles. The fourth-order valence-electron chi connectivity index (χ4n) is 4.33. The van der Waals surface area contributed by atoms with Crippen molar-refractivity contribution in [3.8, 4) is 5.75 Å². The lowest BCUT2D eigenvalue weighted by Crippen LogP contribution is -2.14. The summed E-state index contributed by atoms with van der Waals surface area (Å²) >= 11 is 19.7. The number of fused-ring (bicyclic) bond motifs is 1. The summed E-state index contributed by atoms with van der Waals surface area (Å²) in [5, 5.41) is 4.76. The van der Waals surface area contributed by atoms with Gasteiger partial charge in [0.15, 0.2) is 0 Å². The molecule has 0 saturated heterocycles. The predicted molar refractivity (Wildman–Crippen MR) is 170 cm³/mol. The number of rotatable bonds is 7. The number of para-hydroxylation sites is 1. The fourth-order valence-corrected chi connectivity index (χ4v) is 7.59. The average Bonchev–Trinajstić information content (AvgIpc) is 3.28. The highest BCUT2D eigenvalue weighted by Gasteiger charge is 2.25. The lowest BCUT2D eigenvalue weighted by molar-refractivity contribution is 0.102. The predicted octanol–water partition coefficient (Wildman–Crippen LogP) is 9.88. The molecule has 0 spiro atoms. The summed E-state index contributed by atoms with van der Waals surface area (Å²) < 4.78 is 8.08. The molecule has 3 aromatic carbocycles. The van der Waals surface area contributed by atoms with Gasteiger partial charge in [-0.2, -0.15) is 0 Å². The summed E-state index contributed by atoms with van der Waals surface area (Å²) in [7, 11) is 0. The summed E-state index contributed by atoms with van der Waals surface area (Å²) in [6, 6.07) is 18.9. The maximum atomic E-state index is 13.4. The number of hydrogen-bond donors (Lipinski definition) is 1. The maximum Gasteiger partial charge on any atom is 0.259 e. The van der Waals surface area contributed by atoms with Crippen molar-refractivity contribution in [2.75, 3.05) is 5.32 Å². The van der Waals surface area contributed by atoms with Crippen molar-refractivity contribution in [1.82, 2.24) is 0 Å². The minimum Gasteiger partial charge on any atom is -0.487 e. The van der Waals surface area contributed by atoms with Crippen molar-refractivity contribution in [3.63, 3.8) is 0 Å². The molecule has 1 aromatic heterocycles. The van der Waals surface area contributed by atoms with Gasteiger partial charge in [0.1, 0.15) is 17.4 Å². The molecule has 0 unspecified atom stereocenters. The van der Waals surface area contributed by atoms with Crippen molar-refractivity contribution in [1.29, 1.82) is 0 Å². The van der Waals surface area contributed by atoms with E-state index in [1.807, 2.05) is 48.5 Å². The minimum atomic E-state index is -0.123. The number of nitrogens with one attached hydrogen (secondary N) is 1. The third-order valence-electron chi connectivity index (χ3n) is 6.14. The largest absolute Gasteiger partial charge is 0.487 e. The van der Waals surface area contributed by atoms with Crippen LogP contribution in [0, 0.1) is 3.57 Å². The maximum absolute atomic E-state index is 13.4. The van der Waals surface area contributed by atoms with Crippen LogP contribution in [-0.2, 0) is 19.4 Å². The number of halogens is 4. The Labute approximate surface area is 257 Å². The first-order chi connectivity index (χ1) is 18.4. The molecule has 0 saturated carbocycles. The number of carbonyl (C=O) groups is 1. The van der Waals surface area contributed by atoms with E-state index in [1.165, 1.54) is 4.88 Å². The molecular formula is C29H22BrCl2IN2O2S. The van der Waals surface area contributed by atoms with Gasteiger partial charge in [-0.1, -0.05) is 63.4 Å². The number of ether oxygens (including phenoxy) is 1. The van der Waals surface area contributed by atoms with E-state index in [0.717, 1.165) is 61.1 Å².